The van der Waals surface area contributed by atoms with E-state index in [1.165, 1.54) is 11.6 Å². The highest BCUT2D eigenvalue weighted by atomic mass is 35.5. The van der Waals surface area contributed by atoms with Crippen molar-refractivity contribution in [2.75, 3.05) is 14.2 Å². The van der Waals surface area contributed by atoms with Gasteiger partial charge in [0.2, 0.25) is 0 Å². The van der Waals surface area contributed by atoms with Crippen molar-refractivity contribution in [3.05, 3.63) is 64.4 Å². The summed E-state index contributed by atoms with van der Waals surface area (Å²) in [7, 11) is 3.57. The molecule has 0 saturated carbocycles. The van der Waals surface area contributed by atoms with Gasteiger partial charge in [0, 0.05) is 6.04 Å². The van der Waals surface area contributed by atoms with Gasteiger partial charge in [-0.2, -0.15) is 0 Å². The molecule has 0 fully saturated rings. The van der Waals surface area contributed by atoms with E-state index in [0.29, 0.717) is 0 Å². The Hall–Kier alpha value is -1.58. The van der Waals surface area contributed by atoms with Crippen molar-refractivity contribution in [3.63, 3.8) is 0 Å². The van der Waals surface area contributed by atoms with Gasteiger partial charge in [-0.05, 0) is 55.3 Å². The van der Waals surface area contributed by atoms with Crippen molar-refractivity contribution >= 4 is 11.6 Å². The molecule has 21 heavy (non-hydrogen) atoms. The maximum absolute atomic E-state index is 13.5. The zero-order valence-electron chi connectivity index (χ0n) is 12.2. The van der Waals surface area contributed by atoms with Gasteiger partial charge < -0.3 is 10.1 Å². The molecular formula is C17H19ClFNO. The molecule has 0 heterocycles. The summed E-state index contributed by atoms with van der Waals surface area (Å²) in [4.78, 5) is 0. The highest BCUT2D eigenvalue weighted by Crippen LogP contribution is 2.18. The number of hydrogen-bond acceptors (Lipinski definition) is 2. The van der Waals surface area contributed by atoms with Gasteiger partial charge in [0.15, 0.2) is 0 Å². The van der Waals surface area contributed by atoms with E-state index in [1.54, 1.807) is 13.2 Å². The molecule has 0 saturated heterocycles. The van der Waals surface area contributed by atoms with Crippen molar-refractivity contribution in [1.29, 1.82) is 0 Å². The first-order chi connectivity index (χ1) is 10.1. The van der Waals surface area contributed by atoms with Crippen LogP contribution in [0.2, 0.25) is 5.02 Å². The number of ether oxygens (including phenoxy) is 1. The van der Waals surface area contributed by atoms with Crippen molar-refractivity contribution in [2.24, 2.45) is 0 Å². The quantitative estimate of drug-likeness (QED) is 0.875. The van der Waals surface area contributed by atoms with E-state index in [-0.39, 0.29) is 16.9 Å². The highest BCUT2D eigenvalue weighted by molar-refractivity contribution is 6.30. The molecule has 0 bridgehead atoms. The third kappa shape index (κ3) is 4.45. The minimum atomic E-state index is -0.367. The fourth-order valence-electron chi connectivity index (χ4n) is 2.27. The van der Waals surface area contributed by atoms with E-state index in [0.717, 1.165) is 24.2 Å². The molecule has 1 atom stereocenters. The maximum Gasteiger partial charge on any atom is 0.142 e. The lowest BCUT2D eigenvalue weighted by atomic mass is 9.99. The maximum atomic E-state index is 13.5. The summed E-state index contributed by atoms with van der Waals surface area (Å²) in [5.41, 5.74) is 2.15. The van der Waals surface area contributed by atoms with Crippen LogP contribution in [0.1, 0.15) is 11.1 Å². The highest BCUT2D eigenvalue weighted by Gasteiger charge is 2.10. The predicted octanol–water partition coefficient (Wildman–Crippen LogP) is 3.86. The van der Waals surface area contributed by atoms with Crippen LogP contribution >= 0.6 is 11.6 Å². The van der Waals surface area contributed by atoms with Crippen LogP contribution in [0.15, 0.2) is 42.5 Å². The van der Waals surface area contributed by atoms with E-state index in [9.17, 15) is 4.39 Å². The molecule has 0 radical (unpaired) electrons. The average Bonchev–Trinajstić information content (AvgIpc) is 2.51. The Labute approximate surface area is 129 Å². The van der Waals surface area contributed by atoms with Crippen molar-refractivity contribution in [2.45, 2.75) is 18.9 Å². The summed E-state index contributed by atoms with van der Waals surface area (Å²) < 4.78 is 18.6. The standard InChI is InChI=1S/C17H19ClFNO/c1-20-14(9-12-3-6-15(21-2)7-4-12)10-13-5-8-16(18)17(19)11-13/h3-8,11,14,20H,9-10H2,1-2H3. The SMILES string of the molecule is CNC(Cc1ccc(OC)cc1)Cc1ccc(Cl)c(F)c1. The second-order valence-corrected chi connectivity index (χ2v) is 5.40. The van der Waals surface area contributed by atoms with Crippen LogP contribution in [0, 0.1) is 5.82 Å². The number of nitrogens with one attached hydrogen (secondary N) is 1. The van der Waals surface area contributed by atoms with Gasteiger partial charge in [-0.1, -0.05) is 29.8 Å². The van der Waals surface area contributed by atoms with E-state index >= 15 is 0 Å². The first-order valence-corrected chi connectivity index (χ1v) is 7.24. The van der Waals surface area contributed by atoms with Crippen LogP contribution in [0.4, 0.5) is 4.39 Å². The van der Waals surface area contributed by atoms with Crippen LogP contribution in [-0.2, 0) is 12.8 Å². The molecule has 0 amide bonds. The average molecular weight is 308 g/mol. The number of methoxy groups -OCH3 is 1. The van der Waals surface area contributed by atoms with Gasteiger partial charge in [0.1, 0.15) is 11.6 Å². The smallest absolute Gasteiger partial charge is 0.142 e. The molecule has 112 valence electrons. The molecule has 2 aromatic rings. The summed E-state index contributed by atoms with van der Waals surface area (Å²) >= 11 is 5.71. The molecule has 2 aromatic carbocycles. The van der Waals surface area contributed by atoms with Crippen molar-refractivity contribution in [1.82, 2.24) is 5.32 Å². The van der Waals surface area contributed by atoms with Crippen LogP contribution in [0.25, 0.3) is 0 Å². The lowest BCUT2D eigenvalue weighted by Gasteiger charge is -2.17. The summed E-state index contributed by atoms with van der Waals surface area (Å²) in [6, 6.07) is 13.2. The minimum absolute atomic E-state index is 0.162. The molecule has 1 N–H and O–H groups in total. The molecule has 0 aliphatic carbocycles. The molecule has 2 nitrogen and oxygen atoms in total. The molecule has 0 aromatic heterocycles. The lowest BCUT2D eigenvalue weighted by molar-refractivity contribution is 0.414. The summed E-state index contributed by atoms with van der Waals surface area (Å²) in [5.74, 6) is 0.480. The van der Waals surface area contributed by atoms with Crippen LogP contribution in [0.5, 0.6) is 5.75 Å². The normalized spacial score (nSPS) is 12.2. The van der Waals surface area contributed by atoms with Crippen LogP contribution in [-0.4, -0.2) is 20.2 Å². The molecule has 0 aliphatic heterocycles. The molecule has 0 spiro atoms. The van der Waals surface area contributed by atoms with Crippen molar-refractivity contribution < 1.29 is 9.13 Å². The van der Waals surface area contributed by atoms with E-state index in [4.69, 9.17) is 16.3 Å². The van der Waals surface area contributed by atoms with Gasteiger partial charge in [0.05, 0.1) is 12.1 Å². The number of likely N-dealkylation sites (N-methyl/N-ethyl adjacent to an activating group) is 1. The molecule has 2 rings (SSSR count). The Morgan fingerprint density at radius 2 is 1.71 bits per heavy atom. The lowest BCUT2D eigenvalue weighted by Crippen LogP contribution is -2.29. The van der Waals surface area contributed by atoms with E-state index < -0.39 is 0 Å². The second kappa shape index (κ2) is 7.43. The minimum Gasteiger partial charge on any atom is -0.497 e. The van der Waals surface area contributed by atoms with Crippen molar-refractivity contribution in [3.8, 4) is 5.75 Å². The monoisotopic (exact) mass is 307 g/mol. The Balaban J connectivity index is 2.03. The largest absolute Gasteiger partial charge is 0.497 e. The second-order valence-electron chi connectivity index (χ2n) is 4.99. The number of halogens is 2. The Bertz CT molecular complexity index is 586. The number of benzene rings is 2. The Morgan fingerprint density at radius 1 is 1.10 bits per heavy atom. The fourth-order valence-corrected chi connectivity index (χ4v) is 2.39. The zero-order valence-corrected chi connectivity index (χ0v) is 13.0. The zero-order chi connectivity index (χ0) is 15.2. The summed E-state index contributed by atoms with van der Waals surface area (Å²) in [6.07, 6.45) is 1.61. The fraction of sp³-hybridized carbons (Fsp3) is 0.294. The Morgan fingerprint density at radius 3 is 2.29 bits per heavy atom. The molecule has 1 unspecified atom stereocenters. The van der Waals surface area contributed by atoms with Gasteiger partial charge >= 0.3 is 0 Å². The molecule has 4 heteroatoms. The number of rotatable bonds is 6. The number of hydrogen-bond donors (Lipinski definition) is 1. The van der Waals surface area contributed by atoms with E-state index in [2.05, 4.69) is 5.32 Å². The van der Waals surface area contributed by atoms with Gasteiger partial charge in [-0.3, -0.25) is 0 Å². The summed E-state index contributed by atoms with van der Waals surface area (Å²) in [6.45, 7) is 0. The predicted molar refractivity (Wildman–Crippen MR) is 84.7 cm³/mol. The summed E-state index contributed by atoms with van der Waals surface area (Å²) in [5, 5.41) is 3.44. The van der Waals surface area contributed by atoms with Gasteiger partial charge in [-0.25, -0.2) is 4.39 Å². The third-order valence-electron chi connectivity index (χ3n) is 3.52. The molecule has 0 aliphatic rings. The topological polar surface area (TPSA) is 21.3 Å². The van der Waals surface area contributed by atoms with Crippen LogP contribution in [0.3, 0.4) is 0 Å². The van der Waals surface area contributed by atoms with Gasteiger partial charge in [0.25, 0.3) is 0 Å². The first-order valence-electron chi connectivity index (χ1n) is 6.86. The van der Waals surface area contributed by atoms with E-state index in [1.807, 2.05) is 37.4 Å². The van der Waals surface area contributed by atoms with Crippen LogP contribution < -0.4 is 10.1 Å². The molecular weight excluding hydrogens is 289 g/mol. The third-order valence-corrected chi connectivity index (χ3v) is 3.82. The first kappa shape index (κ1) is 15.8. The van der Waals surface area contributed by atoms with Gasteiger partial charge in [-0.15, -0.1) is 0 Å². The Kier molecular flexibility index (Phi) is 5.59.